The fourth-order valence-corrected chi connectivity index (χ4v) is 3.15. The molecule has 1 aromatic heterocycles. The molecule has 0 spiro atoms. The molecule has 0 bridgehead atoms. The van der Waals surface area contributed by atoms with Gasteiger partial charge in [0, 0.05) is 26.2 Å². The first-order chi connectivity index (χ1) is 9.77. The Bertz CT molecular complexity index is 442. The average molecular weight is 278 g/mol. The second kappa shape index (κ2) is 5.78. The van der Waals surface area contributed by atoms with Crippen LogP contribution in [0.4, 0.5) is 5.95 Å². The van der Waals surface area contributed by atoms with E-state index in [1.807, 2.05) is 16.8 Å². The van der Waals surface area contributed by atoms with E-state index in [-0.39, 0.29) is 11.9 Å². The number of carbonyl (C=O) groups excluding carboxylic acids is 1. The molecule has 3 rings (SSSR count). The third-order valence-electron chi connectivity index (χ3n) is 4.38. The van der Waals surface area contributed by atoms with Gasteiger partial charge in [0.2, 0.25) is 11.9 Å². The van der Waals surface area contributed by atoms with Gasteiger partial charge >= 0.3 is 0 Å². The molecule has 20 heavy (non-hydrogen) atoms. The zero-order valence-corrected chi connectivity index (χ0v) is 11.9. The molecular formula is C13H22N6O. The van der Waals surface area contributed by atoms with E-state index in [0.29, 0.717) is 12.0 Å². The number of nitrogens with one attached hydrogen (secondary N) is 2. The van der Waals surface area contributed by atoms with E-state index in [9.17, 15) is 4.79 Å². The smallest absolute Gasteiger partial charge is 0.245 e. The Kier molecular flexibility index (Phi) is 3.86. The lowest BCUT2D eigenvalue weighted by atomic mass is 10.0. The van der Waals surface area contributed by atoms with Crippen LogP contribution < -0.4 is 10.2 Å². The number of aromatic nitrogens is 3. The molecule has 110 valence electrons. The quantitative estimate of drug-likeness (QED) is 0.813. The molecule has 0 saturated carbocycles. The van der Waals surface area contributed by atoms with Crippen molar-refractivity contribution in [2.24, 2.45) is 0 Å². The standard InChI is InChI=1S/C13H22N6O/c1-18(10-5-6-14-8-10)12(20)11-4-2-3-7-19(11)13-15-9-16-17-13/h9-11,14H,2-8H2,1H3,(H,15,16,17). The minimum atomic E-state index is -0.120. The van der Waals surface area contributed by atoms with Gasteiger partial charge in [0.05, 0.1) is 0 Å². The number of hydrogen-bond acceptors (Lipinski definition) is 5. The number of nitrogens with zero attached hydrogens (tertiary/aromatic N) is 4. The number of aromatic amines is 1. The molecule has 0 aromatic carbocycles. The Morgan fingerprint density at radius 3 is 3.05 bits per heavy atom. The van der Waals surface area contributed by atoms with Crippen LogP contribution in [0.1, 0.15) is 25.7 Å². The van der Waals surface area contributed by atoms with Crippen molar-refractivity contribution in [2.45, 2.75) is 37.8 Å². The second-order valence-electron chi connectivity index (χ2n) is 5.60. The van der Waals surface area contributed by atoms with Gasteiger partial charge in [-0.3, -0.25) is 9.89 Å². The van der Waals surface area contributed by atoms with E-state index < -0.39 is 0 Å². The van der Waals surface area contributed by atoms with Crippen LogP contribution in [0.25, 0.3) is 0 Å². The Morgan fingerprint density at radius 2 is 2.35 bits per heavy atom. The summed E-state index contributed by atoms with van der Waals surface area (Å²) in [7, 11) is 1.92. The third-order valence-corrected chi connectivity index (χ3v) is 4.38. The summed E-state index contributed by atoms with van der Waals surface area (Å²) in [6, 6.07) is 0.198. The maximum Gasteiger partial charge on any atom is 0.245 e. The zero-order valence-electron chi connectivity index (χ0n) is 11.9. The lowest BCUT2D eigenvalue weighted by Crippen LogP contribution is -2.53. The van der Waals surface area contributed by atoms with Gasteiger partial charge in [0.1, 0.15) is 12.4 Å². The first-order valence-corrected chi connectivity index (χ1v) is 7.37. The largest absolute Gasteiger partial charge is 0.340 e. The lowest BCUT2D eigenvalue weighted by Gasteiger charge is -2.37. The fourth-order valence-electron chi connectivity index (χ4n) is 3.15. The summed E-state index contributed by atoms with van der Waals surface area (Å²) < 4.78 is 0. The monoisotopic (exact) mass is 278 g/mol. The number of carbonyl (C=O) groups is 1. The number of H-pyrrole nitrogens is 1. The van der Waals surface area contributed by atoms with E-state index in [0.717, 1.165) is 45.3 Å². The van der Waals surface area contributed by atoms with Gasteiger partial charge in [-0.1, -0.05) is 0 Å². The number of rotatable bonds is 3. The van der Waals surface area contributed by atoms with Crippen LogP contribution in [0.2, 0.25) is 0 Å². The Morgan fingerprint density at radius 1 is 1.45 bits per heavy atom. The highest BCUT2D eigenvalue weighted by Gasteiger charge is 2.35. The Labute approximate surface area is 118 Å². The predicted octanol–water partition coefficient (Wildman–Crippen LogP) is -0.0161. The van der Waals surface area contributed by atoms with Crippen molar-refractivity contribution < 1.29 is 4.79 Å². The van der Waals surface area contributed by atoms with E-state index in [1.165, 1.54) is 0 Å². The van der Waals surface area contributed by atoms with Crippen molar-refractivity contribution in [1.82, 2.24) is 25.4 Å². The fraction of sp³-hybridized carbons (Fsp3) is 0.769. The highest BCUT2D eigenvalue weighted by molar-refractivity contribution is 5.85. The first kappa shape index (κ1) is 13.4. The minimum Gasteiger partial charge on any atom is -0.340 e. The van der Waals surface area contributed by atoms with E-state index in [2.05, 4.69) is 20.5 Å². The van der Waals surface area contributed by atoms with Crippen LogP contribution in [-0.2, 0) is 4.79 Å². The maximum atomic E-state index is 12.8. The lowest BCUT2D eigenvalue weighted by molar-refractivity contribution is -0.133. The number of hydrogen-bond donors (Lipinski definition) is 2. The molecule has 7 heteroatoms. The molecule has 1 amide bonds. The molecule has 2 N–H and O–H groups in total. The molecular weight excluding hydrogens is 256 g/mol. The van der Waals surface area contributed by atoms with Crippen LogP contribution in [-0.4, -0.2) is 64.8 Å². The van der Waals surface area contributed by atoms with Gasteiger partial charge in [0.15, 0.2) is 0 Å². The summed E-state index contributed by atoms with van der Waals surface area (Å²) in [5.41, 5.74) is 0. The molecule has 2 atom stereocenters. The van der Waals surface area contributed by atoms with Gasteiger partial charge in [-0.25, -0.2) is 4.98 Å². The summed E-state index contributed by atoms with van der Waals surface area (Å²) in [6.45, 7) is 2.75. The summed E-state index contributed by atoms with van der Waals surface area (Å²) in [5.74, 6) is 0.837. The predicted molar refractivity (Wildman–Crippen MR) is 75.4 cm³/mol. The van der Waals surface area contributed by atoms with E-state index in [1.54, 1.807) is 6.33 Å². The second-order valence-corrected chi connectivity index (χ2v) is 5.60. The third kappa shape index (κ3) is 2.49. The van der Waals surface area contributed by atoms with Gasteiger partial charge in [-0.2, -0.15) is 0 Å². The van der Waals surface area contributed by atoms with Crippen LogP contribution in [0.5, 0.6) is 0 Å². The molecule has 7 nitrogen and oxygen atoms in total. The topological polar surface area (TPSA) is 77.2 Å². The summed E-state index contributed by atoms with van der Waals surface area (Å²) in [4.78, 5) is 20.9. The number of piperidine rings is 1. The summed E-state index contributed by atoms with van der Waals surface area (Å²) in [5, 5.41) is 10.2. The van der Waals surface area contributed by atoms with Crippen molar-refractivity contribution in [3.8, 4) is 0 Å². The molecule has 2 fully saturated rings. The number of likely N-dealkylation sites (N-methyl/N-ethyl adjacent to an activating group) is 1. The zero-order chi connectivity index (χ0) is 13.9. The molecule has 0 radical (unpaired) electrons. The van der Waals surface area contributed by atoms with Gasteiger partial charge in [-0.05, 0) is 32.2 Å². The molecule has 2 saturated heterocycles. The Balaban J connectivity index is 1.73. The first-order valence-electron chi connectivity index (χ1n) is 7.37. The molecule has 0 aliphatic carbocycles. The molecule has 1 aromatic rings. The van der Waals surface area contributed by atoms with Crippen molar-refractivity contribution >= 4 is 11.9 Å². The van der Waals surface area contributed by atoms with Gasteiger partial charge < -0.3 is 15.1 Å². The van der Waals surface area contributed by atoms with Crippen molar-refractivity contribution in [3.05, 3.63) is 6.33 Å². The molecule has 2 aliphatic heterocycles. The molecule has 2 unspecified atom stereocenters. The Hall–Kier alpha value is -1.63. The van der Waals surface area contributed by atoms with Gasteiger partial charge in [0.25, 0.3) is 0 Å². The van der Waals surface area contributed by atoms with Crippen LogP contribution in [0.3, 0.4) is 0 Å². The van der Waals surface area contributed by atoms with E-state index >= 15 is 0 Å². The van der Waals surface area contributed by atoms with Crippen molar-refractivity contribution in [3.63, 3.8) is 0 Å². The summed E-state index contributed by atoms with van der Waals surface area (Å²) in [6.07, 6.45) is 5.67. The highest BCUT2D eigenvalue weighted by atomic mass is 16.2. The van der Waals surface area contributed by atoms with Crippen molar-refractivity contribution in [2.75, 3.05) is 31.6 Å². The van der Waals surface area contributed by atoms with Crippen molar-refractivity contribution in [1.29, 1.82) is 0 Å². The minimum absolute atomic E-state index is 0.120. The summed E-state index contributed by atoms with van der Waals surface area (Å²) >= 11 is 0. The molecule has 2 aliphatic rings. The van der Waals surface area contributed by atoms with E-state index in [4.69, 9.17) is 0 Å². The highest BCUT2D eigenvalue weighted by Crippen LogP contribution is 2.23. The van der Waals surface area contributed by atoms with Crippen LogP contribution in [0, 0.1) is 0 Å². The van der Waals surface area contributed by atoms with Crippen LogP contribution in [0.15, 0.2) is 6.33 Å². The maximum absolute atomic E-state index is 12.8. The average Bonchev–Trinajstić information content (AvgIpc) is 3.18. The number of amides is 1. The van der Waals surface area contributed by atoms with Gasteiger partial charge in [-0.15, -0.1) is 5.10 Å². The normalized spacial score (nSPS) is 26.8. The van der Waals surface area contributed by atoms with Crippen LogP contribution >= 0.6 is 0 Å². The SMILES string of the molecule is CN(C(=O)C1CCCCN1c1nc[nH]n1)C1CCNC1. The molecule has 3 heterocycles. The number of anilines is 1.